The van der Waals surface area contributed by atoms with E-state index in [-0.39, 0.29) is 0 Å². The molecule has 3 heterocycles. The van der Waals surface area contributed by atoms with Crippen molar-refractivity contribution in [3.63, 3.8) is 0 Å². The molecule has 0 bridgehead atoms. The predicted octanol–water partition coefficient (Wildman–Crippen LogP) is 0.916. The van der Waals surface area contributed by atoms with E-state index in [0.29, 0.717) is 0 Å². The Balaban J connectivity index is 0.000000367. The quantitative estimate of drug-likeness (QED) is 0.485. The molecule has 29 heavy (non-hydrogen) atoms. The molecule has 3 saturated heterocycles. The molecule has 0 atom stereocenters. The van der Waals surface area contributed by atoms with Crippen molar-refractivity contribution in [1.82, 2.24) is 0 Å². The number of rotatable bonds is 3. The van der Waals surface area contributed by atoms with Crippen molar-refractivity contribution >= 4 is 7.82 Å². The largest absolute Gasteiger partial charge is 0.822 e. The Hall–Kier alpha value is -0.0100. The molecule has 0 aromatic rings. The van der Waals surface area contributed by atoms with Crippen molar-refractivity contribution in [3.05, 3.63) is 0 Å². The summed E-state index contributed by atoms with van der Waals surface area (Å²) in [7, 11) is 1.67. The Morgan fingerprint density at radius 3 is 0.759 bits per heavy atom. The first kappa shape index (κ1) is 29.0. The summed E-state index contributed by atoms with van der Waals surface area (Å²) in [6, 6.07) is 0. The molecule has 8 heteroatoms. The average Bonchev–Trinajstić information content (AvgIpc) is 3.38. The first-order valence-electron chi connectivity index (χ1n) is 11.5. The van der Waals surface area contributed by atoms with Crippen LogP contribution in [0.25, 0.3) is 0 Å². The van der Waals surface area contributed by atoms with Crippen molar-refractivity contribution < 1.29 is 32.7 Å². The second-order valence-electron chi connectivity index (χ2n) is 9.72. The number of hydrogen-bond donors (Lipinski definition) is 0. The van der Waals surface area contributed by atoms with Gasteiger partial charge < -0.3 is 32.7 Å². The number of hydrogen-bond acceptors (Lipinski definition) is 4. The third-order valence-electron chi connectivity index (χ3n) is 7.23. The van der Waals surface area contributed by atoms with Gasteiger partial charge in [0.15, 0.2) is 0 Å². The highest BCUT2D eigenvalue weighted by molar-refractivity contribution is 7.40. The monoisotopic (exact) mass is 437 g/mol. The van der Waals surface area contributed by atoms with Gasteiger partial charge in [0.2, 0.25) is 0 Å². The number of likely N-dealkylation sites (tertiary alicyclic amines) is 3. The van der Waals surface area contributed by atoms with E-state index >= 15 is 0 Å². The van der Waals surface area contributed by atoms with Gasteiger partial charge in [-0.3, -0.25) is 0 Å². The van der Waals surface area contributed by atoms with Crippen LogP contribution in [0.1, 0.15) is 59.3 Å². The number of phosphoric acid groups is 1. The Bertz CT molecular complexity index is 406. The van der Waals surface area contributed by atoms with E-state index in [2.05, 4.69) is 41.9 Å². The van der Waals surface area contributed by atoms with Crippen LogP contribution in [-0.4, -0.2) is 93.5 Å². The maximum atomic E-state index is 8.55. The lowest BCUT2D eigenvalue weighted by Gasteiger charge is -2.36. The molecular formula is C21H48N3O4P. The lowest BCUT2D eigenvalue weighted by atomic mass is 10.4. The molecule has 0 radical (unpaired) electrons. The summed E-state index contributed by atoms with van der Waals surface area (Å²) in [6.45, 7) is 19.3. The molecule has 3 rings (SSSR count). The van der Waals surface area contributed by atoms with E-state index in [1.165, 1.54) is 111 Å². The molecule has 0 N–H and O–H groups in total. The molecule has 3 aliphatic heterocycles. The maximum absolute atomic E-state index is 8.55. The van der Waals surface area contributed by atoms with Crippen molar-refractivity contribution in [2.75, 3.05) is 80.0 Å². The van der Waals surface area contributed by atoms with E-state index < -0.39 is 7.82 Å². The fraction of sp³-hybridized carbons (Fsp3) is 1.00. The second-order valence-corrected chi connectivity index (χ2v) is 10.6. The first-order valence-corrected chi connectivity index (χ1v) is 13.0. The van der Waals surface area contributed by atoms with Crippen LogP contribution in [-0.2, 0) is 4.57 Å². The molecular weight excluding hydrogens is 389 g/mol. The predicted molar refractivity (Wildman–Crippen MR) is 115 cm³/mol. The summed E-state index contributed by atoms with van der Waals surface area (Å²) in [5, 5.41) is 0. The molecule has 0 aliphatic carbocycles. The summed E-state index contributed by atoms with van der Waals surface area (Å²) in [5.74, 6) is 0. The van der Waals surface area contributed by atoms with Gasteiger partial charge in [0.25, 0.3) is 0 Å². The zero-order chi connectivity index (χ0) is 22.6. The normalized spacial score (nSPS) is 23.8. The smallest absolute Gasteiger partial charge is 0.0786 e. The lowest BCUT2D eigenvalue weighted by molar-refractivity contribution is -0.895. The van der Waals surface area contributed by atoms with Gasteiger partial charge in [-0.25, -0.2) is 0 Å². The van der Waals surface area contributed by atoms with Gasteiger partial charge in [0, 0.05) is 38.5 Å². The molecule has 0 amide bonds. The van der Waals surface area contributed by atoms with E-state index in [1.54, 1.807) is 0 Å². The SMILES string of the molecule is CC[N+]1(C)CCCC1.CC[N+]1(C)CCCC1.CC[N+]1(C)CCCC1.O=P([O-])([O-])[O-]. The third kappa shape index (κ3) is 14.6. The second kappa shape index (κ2) is 13.4. The Morgan fingerprint density at radius 1 is 0.552 bits per heavy atom. The minimum atomic E-state index is -5.39. The van der Waals surface area contributed by atoms with Crippen LogP contribution < -0.4 is 14.7 Å². The average molecular weight is 438 g/mol. The molecule has 0 aromatic heterocycles. The van der Waals surface area contributed by atoms with Gasteiger partial charge in [-0.05, 0) is 20.8 Å². The zero-order valence-electron chi connectivity index (χ0n) is 20.0. The Kier molecular flexibility index (Phi) is 13.4. The summed E-state index contributed by atoms with van der Waals surface area (Å²) < 4.78 is 12.5. The van der Waals surface area contributed by atoms with Crippen molar-refractivity contribution in [2.24, 2.45) is 0 Å². The highest BCUT2D eigenvalue weighted by Gasteiger charge is 2.24. The van der Waals surface area contributed by atoms with E-state index in [0.717, 1.165) is 0 Å². The zero-order valence-corrected chi connectivity index (χ0v) is 20.9. The van der Waals surface area contributed by atoms with Crippen molar-refractivity contribution in [1.29, 1.82) is 0 Å². The minimum absolute atomic E-state index is 1.32. The van der Waals surface area contributed by atoms with Crippen molar-refractivity contribution in [2.45, 2.75) is 59.3 Å². The molecule has 176 valence electrons. The van der Waals surface area contributed by atoms with Gasteiger partial charge in [-0.2, -0.15) is 7.82 Å². The molecule has 0 unspecified atom stereocenters. The number of quaternary nitrogens is 3. The van der Waals surface area contributed by atoms with E-state index in [1.807, 2.05) is 0 Å². The third-order valence-corrected chi connectivity index (χ3v) is 7.23. The summed E-state index contributed by atoms with van der Waals surface area (Å²) in [5.41, 5.74) is 0. The van der Waals surface area contributed by atoms with E-state index in [9.17, 15) is 0 Å². The molecule has 3 aliphatic rings. The standard InChI is InChI=1S/3C7H16N.H3O4P/c3*1-3-8(2)6-4-5-7-8;1-5(2,3)4/h3*3-7H2,1-2H3;(H3,1,2,3,4)/q3*+1;/p-3. The van der Waals surface area contributed by atoms with Crippen LogP contribution in [0.15, 0.2) is 0 Å². The first-order chi connectivity index (χ1) is 13.3. The van der Waals surface area contributed by atoms with Gasteiger partial charge in [-0.1, -0.05) is 0 Å². The van der Waals surface area contributed by atoms with Crippen LogP contribution >= 0.6 is 7.82 Å². The van der Waals surface area contributed by atoms with Crippen molar-refractivity contribution in [3.8, 4) is 0 Å². The van der Waals surface area contributed by atoms with Crippen LogP contribution in [0.3, 0.4) is 0 Å². The summed E-state index contributed by atoms with van der Waals surface area (Å²) >= 11 is 0. The molecule has 3 fully saturated rings. The van der Waals surface area contributed by atoms with Crippen LogP contribution in [0.5, 0.6) is 0 Å². The highest BCUT2D eigenvalue weighted by atomic mass is 31.2. The number of nitrogens with zero attached hydrogens (tertiary/aromatic N) is 3. The Morgan fingerprint density at radius 2 is 0.690 bits per heavy atom. The van der Waals surface area contributed by atoms with Crippen LogP contribution in [0, 0.1) is 0 Å². The van der Waals surface area contributed by atoms with Gasteiger partial charge in [0.05, 0.1) is 80.0 Å². The van der Waals surface area contributed by atoms with Gasteiger partial charge >= 0.3 is 0 Å². The van der Waals surface area contributed by atoms with Crippen LogP contribution in [0.4, 0.5) is 0 Å². The molecule has 0 aromatic carbocycles. The lowest BCUT2D eigenvalue weighted by Crippen LogP contribution is -2.40. The fourth-order valence-corrected chi connectivity index (χ4v) is 4.25. The van der Waals surface area contributed by atoms with Crippen LogP contribution in [0.2, 0.25) is 0 Å². The topological polar surface area (TPSA) is 86.2 Å². The summed E-state index contributed by atoms with van der Waals surface area (Å²) in [4.78, 5) is 25.6. The molecule has 7 nitrogen and oxygen atoms in total. The van der Waals surface area contributed by atoms with Gasteiger partial charge in [-0.15, -0.1) is 0 Å². The molecule has 0 saturated carbocycles. The molecule has 0 spiro atoms. The summed E-state index contributed by atoms with van der Waals surface area (Å²) in [6.07, 6.45) is 8.69. The maximum Gasteiger partial charge on any atom is 0.0786 e. The fourth-order valence-electron chi connectivity index (χ4n) is 4.25. The highest BCUT2D eigenvalue weighted by Crippen LogP contribution is 2.15. The van der Waals surface area contributed by atoms with Gasteiger partial charge in [0.1, 0.15) is 0 Å². The minimum Gasteiger partial charge on any atom is -0.822 e. The Labute approximate surface area is 180 Å². The van der Waals surface area contributed by atoms with E-state index in [4.69, 9.17) is 19.2 Å².